The van der Waals surface area contributed by atoms with Gasteiger partial charge in [-0.3, -0.25) is 62.3 Å². The van der Waals surface area contributed by atoms with Gasteiger partial charge in [-0.2, -0.15) is 0 Å². The Kier molecular flexibility index (Phi) is 69.0. The third-order valence-corrected chi connectivity index (χ3v) is 19.6. The topological polar surface area (TPSA) is 440 Å². The van der Waals surface area contributed by atoms with E-state index in [1.807, 2.05) is 26.0 Å². The van der Waals surface area contributed by atoms with Crippen LogP contribution in [0.15, 0.2) is 48.5 Å². The Labute approximate surface area is 716 Å². The van der Waals surface area contributed by atoms with E-state index < -0.39 is 29.7 Å². The monoisotopic (exact) mass is 1710 g/mol. The van der Waals surface area contributed by atoms with Crippen molar-refractivity contribution in [3.05, 3.63) is 59.7 Å². The number of benzene rings is 2. The molecule has 0 unspecified atom stereocenters. The van der Waals surface area contributed by atoms with Gasteiger partial charge < -0.3 is 84.0 Å². The quantitative estimate of drug-likeness (QED) is 0.0239. The molecular weight excluding hydrogens is 1570 g/mol. The number of carbonyl (C=O) groups excluding carboxylic acids is 11. The van der Waals surface area contributed by atoms with Gasteiger partial charge in [-0.15, -0.1) is 0 Å². The number of carboxylic acids is 3. The summed E-state index contributed by atoms with van der Waals surface area (Å²) >= 11 is 0. The maximum atomic E-state index is 12.9. The zero-order valence-electron chi connectivity index (χ0n) is 73.0. The molecule has 0 fully saturated rings. The largest absolute Gasteiger partial charge is 0.494 e. The molecule has 0 radical (unpaired) electrons. The lowest BCUT2D eigenvalue weighted by molar-refractivity contribution is -0.144. The van der Waals surface area contributed by atoms with Crippen molar-refractivity contribution in [2.24, 2.45) is 23.7 Å². The first-order chi connectivity index (χ1) is 58.3. The summed E-state index contributed by atoms with van der Waals surface area (Å²) < 4.78 is 54.2. The first-order valence-electron chi connectivity index (χ1n) is 43.7. The Morgan fingerprint density at radius 1 is 0.322 bits per heavy atom. The van der Waals surface area contributed by atoms with Gasteiger partial charge in [0.2, 0.25) is 23.6 Å². The normalized spacial score (nSPS) is 12.0. The van der Waals surface area contributed by atoms with Crippen LogP contribution in [-0.4, -0.2) is 242 Å². The van der Waals surface area contributed by atoms with Crippen molar-refractivity contribution in [2.75, 3.05) is 145 Å². The van der Waals surface area contributed by atoms with Crippen LogP contribution >= 0.6 is 0 Å². The third-order valence-electron chi connectivity index (χ3n) is 19.6. The molecule has 7 N–H and O–H groups in total. The summed E-state index contributed by atoms with van der Waals surface area (Å²) in [4.78, 5) is 167. The molecule has 2 aromatic rings. The highest BCUT2D eigenvalue weighted by Gasteiger charge is 2.25. The highest BCUT2D eigenvalue weighted by atomic mass is 16.5. The lowest BCUT2D eigenvalue weighted by Crippen LogP contribution is -2.29. The first kappa shape index (κ1) is 111. The predicted octanol–water partition coefficient (Wildman–Crippen LogP) is 11.6. The number of rotatable bonds is 83. The molecule has 31 nitrogen and oxygen atoms in total. The molecular formula is C90H144N4O27. The molecule has 0 aliphatic carbocycles. The number of ketones is 7. The molecule has 0 aliphatic rings. The number of hydrogen-bond donors (Lipinski definition) is 7. The van der Waals surface area contributed by atoms with Crippen molar-refractivity contribution in [1.82, 2.24) is 21.3 Å². The van der Waals surface area contributed by atoms with Crippen LogP contribution in [0, 0.1) is 23.7 Å². The van der Waals surface area contributed by atoms with E-state index in [-0.39, 0.29) is 199 Å². The summed E-state index contributed by atoms with van der Waals surface area (Å²) in [6, 6.07) is 13.5. The minimum atomic E-state index is -1.10. The molecule has 2 rings (SSSR count). The third kappa shape index (κ3) is 66.9. The predicted molar refractivity (Wildman–Crippen MR) is 454 cm³/mol. The molecule has 0 saturated carbocycles. The first-order valence-corrected chi connectivity index (χ1v) is 43.7. The van der Waals surface area contributed by atoms with Crippen molar-refractivity contribution >= 4 is 82.0 Å². The molecule has 0 bridgehead atoms. The second-order valence-electron chi connectivity index (χ2n) is 30.2. The van der Waals surface area contributed by atoms with Gasteiger partial charge in [0, 0.05) is 128 Å². The SMILES string of the molecule is CC(=O)NCCOCCOCC(=O)NCCCC[C@H](C)C(=O)C[C@@H](CCCCNC(=O)COCCOCCCC(=O)COCCOCCNC(=O)CC[C@H](CC(=O)CCCCCCCCCOc1ccc(C(=O)O)cc1)C(=O)O)C(C)=O.CCOCCOCCCC(=O)CC[C@H](CC(=O)CCCCCCCCCOc1ccc(C(C)=O)cc1)C(=O)O. The number of ether oxygens (including phenoxy) is 10. The molecule has 0 saturated heterocycles. The summed E-state index contributed by atoms with van der Waals surface area (Å²) in [6.45, 7) is 15.1. The van der Waals surface area contributed by atoms with Crippen LogP contribution in [-0.2, 0) is 95.4 Å². The van der Waals surface area contributed by atoms with Crippen LogP contribution in [0.4, 0.5) is 0 Å². The van der Waals surface area contributed by atoms with Gasteiger partial charge in [-0.25, -0.2) is 4.79 Å². The van der Waals surface area contributed by atoms with Crippen LogP contribution in [0.25, 0.3) is 0 Å². The van der Waals surface area contributed by atoms with E-state index in [1.165, 1.54) is 26.0 Å². The number of unbranched alkanes of at least 4 members (excludes halogenated alkanes) is 14. The zero-order valence-corrected chi connectivity index (χ0v) is 73.0. The molecule has 0 aliphatic heterocycles. The van der Waals surface area contributed by atoms with Crippen LogP contribution in [0.3, 0.4) is 0 Å². The van der Waals surface area contributed by atoms with Gasteiger partial charge in [-0.1, -0.05) is 84.0 Å². The number of aromatic carboxylic acids is 1. The summed E-state index contributed by atoms with van der Waals surface area (Å²) in [7, 11) is 0. The van der Waals surface area contributed by atoms with Gasteiger partial charge >= 0.3 is 17.9 Å². The highest BCUT2D eigenvalue weighted by molar-refractivity contribution is 5.94. The van der Waals surface area contributed by atoms with Crippen molar-refractivity contribution in [1.29, 1.82) is 0 Å². The van der Waals surface area contributed by atoms with Crippen molar-refractivity contribution < 1.29 is 130 Å². The van der Waals surface area contributed by atoms with Crippen LogP contribution in [0.5, 0.6) is 11.5 Å². The lowest BCUT2D eigenvalue weighted by atomic mass is 9.87. The van der Waals surface area contributed by atoms with Gasteiger partial charge in [0.05, 0.1) is 96.7 Å². The molecule has 4 amide bonds. The van der Waals surface area contributed by atoms with E-state index >= 15 is 0 Å². The average molecular weight is 1710 g/mol. The van der Waals surface area contributed by atoms with E-state index in [1.54, 1.807) is 31.2 Å². The lowest BCUT2D eigenvalue weighted by Gasteiger charge is -2.16. The fourth-order valence-electron chi connectivity index (χ4n) is 12.3. The molecule has 686 valence electrons. The van der Waals surface area contributed by atoms with E-state index in [0.717, 1.165) is 95.6 Å². The highest BCUT2D eigenvalue weighted by Crippen LogP contribution is 2.23. The number of Topliss-reactive ketones (excluding diaryl/α,β-unsaturated/α-hetero) is 7. The maximum absolute atomic E-state index is 12.9. The summed E-state index contributed by atoms with van der Waals surface area (Å²) in [5.74, 6) is -5.15. The summed E-state index contributed by atoms with van der Waals surface area (Å²) in [5.41, 5.74) is 0.894. The van der Waals surface area contributed by atoms with Gasteiger partial charge in [-0.05, 0) is 146 Å². The number of hydrogen-bond acceptors (Lipinski definition) is 24. The Balaban J connectivity index is 0.00000156. The van der Waals surface area contributed by atoms with E-state index in [9.17, 15) is 77.3 Å². The van der Waals surface area contributed by atoms with E-state index in [0.29, 0.717) is 161 Å². The number of nitrogens with one attached hydrogen (secondary N) is 4. The van der Waals surface area contributed by atoms with Crippen molar-refractivity contribution in [3.63, 3.8) is 0 Å². The molecule has 0 spiro atoms. The van der Waals surface area contributed by atoms with Gasteiger partial charge in [0.15, 0.2) is 11.6 Å². The van der Waals surface area contributed by atoms with Crippen LogP contribution in [0.2, 0.25) is 0 Å². The van der Waals surface area contributed by atoms with Gasteiger partial charge in [0.25, 0.3) is 0 Å². The number of carboxylic acid groups (broad SMARTS) is 3. The van der Waals surface area contributed by atoms with E-state index in [2.05, 4.69) is 21.3 Å². The fraction of sp³-hybridized carbons (Fsp3) is 0.711. The number of carbonyl (C=O) groups is 14. The maximum Gasteiger partial charge on any atom is 0.335 e. The van der Waals surface area contributed by atoms with E-state index in [4.69, 9.17) is 52.5 Å². The molecule has 0 aromatic heterocycles. The van der Waals surface area contributed by atoms with Crippen molar-refractivity contribution in [2.45, 2.75) is 247 Å². The fourth-order valence-corrected chi connectivity index (χ4v) is 12.3. The Morgan fingerprint density at radius 3 is 1.17 bits per heavy atom. The molecule has 121 heavy (non-hydrogen) atoms. The summed E-state index contributed by atoms with van der Waals surface area (Å²) in [6.07, 6.45) is 20.3. The molecule has 31 heteroatoms. The Morgan fingerprint density at radius 2 is 0.719 bits per heavy atom. The standard InChI is InChI=1S/C59H96N4O19.C31H48O8/c1-45(16-10-12-26-61-56(70)44-81-39-36-77-32-28-60-47(3)65)54(68)41-49(46(2)64)17-11-13-27-62-57(71)43-80-38-34-76-30-15-19-52(67)42-79-37-35-78-33-29-63-55(69)25-22-50(59(74)75)40-51(66)18-9-7-5-4-6-8-14-31-82-53-23-20-48(21-24-53)58(72)73;1-3-37-22-23-38-20-11-13-28(33)17-14-27(31(35)36)24-29(34)12-9-7-5-4-6-8-10-21-39-30-18-15-26(16-19-30)25(2)32/h20-21,23-24,45,49-50H,4-19,22,25-44H2,1-3H3,(H,60,65)(H,61,70)(H,62,71)(H,63,69)(H,72,73)(H,74,75);15-16,18-19,27H,3-14,17,20-24H2,1-2H3,(H,35,36)/t45-,49+,50+;27-/m01/s1. The van der Waals surface area contributed by atoms with Gasteiger partial charge in [0.1, 0.15) is 60.2 Å². The van der Waals surface area contributed by atoms with Crippen LogP contribution in [0.1, 0.15) is 267 Å². The molecule has 2 aromatic carbocycles. The zero-order chi connectivity index (χ0) is 89.1. The second-order valence-corrected chi connectivity index (χ2v) is 30.2. The van der Waals surface area contributed by atoms with Crippen LogP contribution < -0.4 is 30.7 Å². The minimum Gasteiger partial charge on any atom is -0.494 e. The number of aliphatic carboxylic acids is 2. The molecule has 4 atom stereocenters. The minimum absolute atomic E-state index is 0.000627. The Hall–Kier alpha value is -8.30. The summed E-state index contributed by atoms with van der Waals surface area (Å²) in [5, 5.41) is 38.9. The smallest absolute Gasteiger partial charge is 0.335 e. The number of amides is 4. The second kappa shape index (κ2) is 75.4. The van der Waals surface area contributed by atoms with Crippen molar-refractivity contribution in [3.8, 4) is 11.5 Å². The Bertz CT molecular complexity index is 3210. The molecule has 0 heterocycles. The average Bonchev–Trinajstić information content (AvgIpc) is 0.554.